The predicted octanol–water partition coefficient (Wildman–Crippen LogP) is 2.91. The molecule has 0 aliphatic carbocycles. The molecule has 0 unspecified atom stereocenters. The molecule has 6 heteroatoms. The molecule has 1 N–H and O–H groups in total. The normalized spacial score (nSPS) is 11.9. The highest BCUT2D eigenvalue weighted by molar-refractivity contribution is 7.89. The molecule has 120 valence electrons. The average Bonchev–Trinajstić information content (AvgIpc) is 2.97. The molecule has 0 bridgehead atoms. The van der Waals surface area contributed by atoms with Crippen LogP contribution < -0.4 is 4.72 Å². The van der Waals surface area contributed by atoms with E-state index in [0.717, 1.165) is 17.5 Å². The highest BCUT2D eigenvalue weighted by Gasteiger charge is 2.14. The van der Waals surface area contributed by atoms with Crippen LogP contribution in [0.15, 0.2) is 57.8 Å². The Kier molecular flexibility index (Phi) is 4.45. The molecule has 23 heavy (non-hydrogen) atoms. The highest BCUT2D eigenvalue weighted by Crippen LogP contribution is 2.15. The van der Waals surface area contributed by atoms with Crippen LogP contribution in [0.3, 0.4) is 0 Å². The monoisotopic (exact) mass is 330 g/mol. The van der Waals surface area contributed by atoms with Crippen molar-refractivity contribution in [2.45, 2.75) is 24.7 Å². The molecule has 3 rings (SSSR count). The van der Waals surface area contributed by atoms with Gasteiger partial charge in [0.1, 0.15) is 5.52 Å². The lowest BCUT2D eigenvalue weighted by atomic mass is 10.2. The molecule has 2 aromatic carbocycles. The lowest BCUT2D eigenvalue weighted by Gasteiger charge is -2.06. The average molecular weight is 330 g/mol. The molecule has 0 amide bonds. The summed E-state index contributed by atoms with van der Waals surface area (Å²) in [7, 11) is -3.50. The standard InChI is InChI=1S/C17H18N2O3S/c1-2-13-7-9-14(10-8-13)23(20,21)18-12-11-17-19-15-5-3-4-6-16(15)22-17/h3-10,18H,2,11-12H2,1H3. The van der Waals surface area contributed by atoms with Crippen LogP contribution in [0.5, 0.6) is 0 Å². The van der Waals surface area contributed by atoms with E-state index in [1.54, 1.807) is 12.1 Å². The van der Waals surface area contributed by atoms with E-state index in [4.69, 9.17) is 4.42 Å². The third-order valence-corrected chi connectivity index (χ3v) is 5.09. The first-order valence-corrected chi connectivity index (χ1v) is 9.00. The third kappa shape index (κ3) is 3.60. The zero-order valence-corrected chi connectivity index (χ0v) is 13.6. The van der Waals surface area contributed by atoms with Crippen molar-refractivity contribution in [3.8, 4) is 0 Å². The van der Waals surface area contributed by atoms with Gasteiger partial charge in [-0.2, -0.15) is 0 Å². The summed E-state index contributed by atoms with van der Waals surface area (Å²) >= 11 is 0. The molecule has 3 aromatic rings. The minimum Gasteiger partial charge on any atom is -0.441 e. The van der Waals surface area contributed by atoms with Gasteiger partial charge in [0.25, 0.3) is 0 Å². The summed E-state index contributed by atoms with van der Waals surface area (Å²) in [6.07, 6.45) is 1.28. The summed E-state index contributed by atoms with van der Waals surface area (Å²) in [5, 5.41) is 0. The number of aromatic nitrogens is 1. The summed E-state index contributed by atoms with van der Waals surface area (Å²) in [6.45, 7) is 2.27. The summed E-state index contributed by atoms with van der Waals surface area (Å²) in [4.78, 5) is 4.60. The van der Waals surface area contributed by atoms with Gasteiger partial charge in [0, 0.05) is 13.0 Å². The Hall–Kier alpha value is -2.18. The van der Waals surface area contributed by atoms with Gasteiger partial charge in [-0.15, -0.1) is 0 Å². The lowest BCUT2D eigenvalue weighted by molar-refractivity contribution is 0.523. The molecule has 1 heterocycles. The number of fused-ring (bicyclic) bond motifs is 1. The van der Waals surface area contributed by atoms with Gasteiger partial charge in [-0.1, -0.05) is 31.2 Å². The first kappa shape index (κ1) is 15.7. The molecule has 0 aliphatic heterocycles. The number of nitrogens with one attached hydrogen (secondary N) is 1. The number of aryl methyl sites for hydroxylation is 1. The van der Waals surface area contributed by atoms with Crippen LogP contribution in [0.25, 0.3) is 11.1 Å². The topological polar surface area (TPSA) is 72.2 Å². The second-order valence-corrected chi connectivity index (χ2v) is 6.99. The number of nitrogens with zero attached hydrogens (tertiary/aromatic N) is 1. The van der Waals surface area contributed by atoms with Crippen LogP contribution in [0.1, 0.15) is 18.4 Å². The molecule has 0 aliphatic rings. The van der Waals surface area contributed by atoms with Crippen LogP contribution >= 0.6 is 0 Å². The number of rotatable bonds is 6. The highest BCUT2D eigenvalue weighted by atomic mass is 32.2. The van der Waals surface area contributed by atoms with Crippen LogP contribution in [-0.4, -0.2) is 19.9 Å². The van der Waals surface area contributed by atoms with E-state index < -0.39 is 10.0 Å². The van der Waals surface area contributed by atoms with E-state index >= 15 is 0 Å². The van der Waals surface area contributed by atoms with Crippen molar-refractivity contribution in [3.63, 3.8) is 0 Å². The Morgan fingerprint density at radius 2 is 1.83 bits per heavy atom. The summed E-state index contributed by atoms with van der Waals surface area (Å²) in [5.74, 6) is 0.523. The molecule has 5 nitrogen and oxygen atoms in total. The molecule has 0 saturated heterocycles. The number of sulfonamides is 1. The molecule has 0 saturated carbocycles. The number of para-hydroxylation sites is 2. The number of oxazole rings is 1. The molecule has 0 spiro atoms. The lowest BCUT2D eigenvalue weighted by Crippen LogP contribution is -2.26. The smallest absolute Gasteiger partial charge is 0.240 e. The maximum Gasteiger partial charge on any atom is 0.240 e. The minimum absolute atomic E-state index is 0.241. The summed E-state index contributed by atoms with van der Waals surface area (Å²) in [5.41, 5.74) is 2.59. The second kappa shape index (κ2) is 6.52. The Bertz CT molecular complexity index is 866. The van der Waals surface area contributed by atoms with Crippen molar-refractivity contribution in [2.75, 3.05) is 6.54 Å². The van der Waals surface area contributed by atoms with Crippen LogP contribution in [-0.2, 0) is 22.9 Å². The van der Waals surface area contributed by atoms with Crippen LogP contribution in [0.4, 0.5) is 0 Å². The largest absolute Gasteiger partial charge is 0.441 e. The minimum atomic E-state index is -3.50. The Balaban J connectivity index is 1.64. The zero-order chi connectivity index (χ0) is 16.3. The quantitative estimate of drug-likeness (QED) is 0.754. The number of hydrogen-bond donors (Lipinski definition) is 1. The Labute approximate surface area is 135 Å². The fourth-order valence-electron chi connectivity index (χ4n) is 2.31. The van der Waals surface area contributed by atoms with Crippen molar-refractivity contribution < 1.29 is 12.8 Å². The van der Waals surface area contributed by atoms with Crippen LogP contribution in [0.2, 0.25) is 0 Å². The predicted molar refractivity (Wildman–Crippen MR) is 88.7 cm³/mol. The van der Waals surface area contributed by atoms with E-state index in [-0.39, 0.29) is 11.4 Å². The van der Waals surface area contributed by atoms with E-state index in [2.05, 4.69) is 9.71 Å². The summed E-state index contributed by atoms with van der Waals surface area (Å²) in [6, 6.07) is 14.4. The van der Waals surface area contributed by atoms with Gasteiger partial charge in [0.15, 0.2) is 11.5 Å². The van der Waals surface area contributed by atoms with Gasteiger partial charge < -0.3 is 4.42 Å². The van der Waals surface area contributed by atoms with Crippen molar-refractivity contribution >= 4 is 21.1 Å². The van der Waals surface area contributed by atoms with Crippen molar-refractivity contribution in [3.05, 3.63) is 60.0 Å². The number of hydrogen-bond acceptors (Lipinski definition) is 4. The van der Waals surface area contributed by atoms with Gasteiger partial charge >= 0.3 is 0 Å². The van der Waals surface area contributed by atoms with E-state index in [1.165, 1.54) is 0 Å². The van der Waals surface area contributed by atoms with E-state index in [0.29, 0.717) is 17.9 Å². The van der Waals surface area contributed by atoms with Crippen molar-refractivity contribution in [1.82, 2.24) is 9.71 Å². The zero-order valence-electron chi connectivity index (χ0n) is 12.8. The fraction of sp³-hybridized carbons (Fsp3) is 0.235. The van der Waals surface area contributed by atoms with Crippen LogP contribution in [0, 0.1) is 0 Å². The van der Waals surface area contributed by atoms with Crippen molar-refractivity contribution in [2.24, 2.45) is 0 Å². The molecular weight excluding hydrogens is 312 g/mol. The number of benzene rings is 2. The van der Waals surface area contributed by atoms with E-state index in [1.807, 2.05) is 43.3 Å². The Morgan fingerprint density at radius 1 is 1.09 bits per heavy atom. The molecule has 1 aromatic heterocycles. The van der Waals surface area contributed by atoms with Gasteiger partial charge in [-0.05, 0) is 36.2 Å². The maximum atomic E-state index is 12.2. The fourth-order valence-corrected chi connectivity index (χ4v) is 3.34. The van der Waals surface area contributed by atoms with Gasteiger partial charge in [-0.3, -0.25) is 0 Å². The van der Waals surface area contributed by atoms with Gasteiger partial charge in [0.2, 0.25) is 10.0 Å². The second-order valence-electron chi connectivity index (χ2n) is 5.22. The molecule has 0 fully saturated rings. The first-order chi connectivity index (χ1) is 11.1. The maximum absolute atomic E-state index is 12.2. The molecule has 0 radical (unpaired) electrons. The van der Waals surface area contributed by atoms with Crippen molar-refractivity contribution in [1.29, 1.82) is 0 Å². The molecule has 0 atom stereocenters. The molecular formula is C17H18N2O3S. The SMILES string of the molecule is CCc1ccc(S(=O)(=O)NCCc2nc3ccccc3o2)cc1. The van der Waals surface area contributed by atoms with Gasteiger partial charge in [0.05, 0.1) is 4.90 Å². The Morgan fingerprint density at radius 3 is 2.52 bits per heavy atom. The summed E-state index contributed by atoms with van der Waals surface area (Å²) < 4.78 is 32.6. The van der Waals surface area contributed by atoms with Gasteiger partial charge in [-0.25, -0.2) is 18.1 Å². The van der Waals surface area contributed by atoms with E-state index in [9.17, 15) is 8.42 Å². The first-order valence-electron chi connectivity index (χ1n) is 7.51. The third-order valence-electron chi connectivity index (χ3n) is 3.61.